The normalized spacial score (nSPS) is 12.0. The van der Waals surface area contributed by atoms with E-state index in [-0.39, 0.29) is 17.9 Å². The molecule has 2 aromatic carbocycles. The van der Waals surface area contributed by atoms with Gasteiger partial charge in [0.05, 0.1) is 12.3 Å². The van der Waals surface area contributed by atoms with Crippen LogP contribution in [0.5, 0.6) is 0 Å². The Bertz CT molecular complexity index is 755. The lowest BCUT2D eigenvalue weighted by Gasteiger charge is -2.19. The highest BCUT2D eigenvalue weighted by atomic mass is 16.2. The summed E-state index contributed by atoms with van der Waals surface area (Å²) in [5.41, 5.74) is 7.84. The van der Waals surface area contributed by atoms with Crippen molar-refractivity contribution in [1.82, 2.24) is 5.43 Å². The predicted molar refractivity (Wildman–Crippen MR) is 105 cm³/mol. The molecule has 0 saturated carbocycles. The molecule has 0 unspecified atom stereocenters. The lowest BCUT2D eigenvalue weighted by atomic mass is 9.86. The Balaban J connectivity index is 1.92. The number of hydrogen-bond donors (Lipinski definition) is 2. The van der Waals surface area contributed by atoms with Gasteiger partial charge in [0, 0.05) is 5.69 Å². The molecule has 2 N–H and O–H groups in total. The van der Waals surface area contributed by atoms with Crippen LogP contribution in [0.4, 0.5) is 5.69 Å². The maximum Gasteiger partial charge on any atom is 0.259 e. The number of hydrogen-bond acceptors (Lipinski definition) is 3. The molecule has 4 nitrogen and oxygen atoms in total. The number of para-hydroxylation sites is 1. The summed E-state index contributed by atoms with van der Waals surface area (Å²) in [5.74, 6) is -0.172. The number of aryl methyl sites for hydroxylation is 1. The fraction of sp³-hybridized carbons (Fsp3) is 0.333. The summed E-state index contributed by atoms with van der Waals surface area (Å²) in [6, 6.07) is 16.2. The molecule has 0 aromatic heterocycles. The van der Waals surface area contributed by atoms with E-state index < -0.39 is 0 Å². The number of amides is 1. The first kappa shape index (κ1) is 18.7. The van der Waals surface area contributed by atoms with Crippen LogP contribution in [0.25, 0.3) is 0 Å². The van der Waals surface area contributed by atoms with Crippen molar-refractivity contribution in [3.8, 4) is 0 Å². The summed E-state index contributed by atoms with van der Waals surface area (Å²) >= 11 is 0. The van der Waals surface area contributed by atoms with E-state index >= 15 is 0 Å². The van der Waals surface area contributed by atoms with E-state index in [0.29, 0.717) is 0 Å². The molecule has 0 bridgehead atoms. The lowest BCUT2D eigenvalue weighted by Crippen LogP contribution is -2.27. The number of carbonyl (C=O) groups is 1. The van der Waals surface area contributed by atoms with Crippen molar-refractivity contribution in [2.24, 2.45) is 5.10 Å². The monoisotopic (exact) mass is 337 g/mol. The lowest BCUT2D eigenvalue weighted by molar-refractivity contribution is -0.119. The molecule has 0 atom stereocenters. The van der Waals surface area contributed by atoms with Gasteiger partial charge in [0.25, 0.3) is 5.91 Å². The second-order valence-electron chi connectivity index (χ2n) is 7.23. The van der Waals surface area contributed by atoms with Crippen molar-refractivity contribution in [2.75, 3.05) is 11.9 Å². The highest BCUT2D eigenvalue weighted by Gasteiger charge is 2.13. The molecule has 0 aliphatic carbocycles. The van der Waals surface area contributed by atoms with Gasteiger partial charge in [-0.05, 0) is 42.0 Å². The molecule has 0 radical (unpaired) electrons. The summed E-state index contributed by atoms with van der Waals surface area (Å²) in [7, 11) is 0. The fourth-order valence-corrected chi connectivity index (χ4v) is 2.41. The molecule has 2 rings (SSSR count). The minimum absolute atomic E-state index is 0.124. The van der Waals surface area contributed by atoms with Crippen LogP contribution in [0, 0.1) is 6.92 Å². The van der Waals surface area contributed by atoms with Crippen molar-refractivity contribution in [3.05, 3.63) is 65.2 Å². The molecule has 0 fully saturated rings. The van der Waals surface area contributed by atoms with Crippen molar-refractivity contribution in [3.63, 3.8) is 0 Å². The Kier molecular flexibility index (Phi) is 5.97. The SMILES string of the molecule is CC(=NNC(=O)CNc1ccccc1C)c1ccc(C(C)(C)C)cc1. The molecule has 1 amide bonds. The number of nitrogens with one attached hydrogen (secondary N) is 2. The van der Waals surface area contributed by atoms with Crippen LogP contribution < -0.4 is 10.7 Å². The van der Waals surface area contributed by atoms with Crippen LogP contribution in [-0.4, -0.2) is 18.2 Å². The zero-order chi connectivity index (χ0) is 18.4. The Morgan fingerprint density at radius 1 is 1.04 bits per heavy atom. The second kappa shape index (κ2) is 7.97. The minimum atomic E-state index is -0.172. The predicted octanol–water partition coefficient (Wildman–Crippen LogP) is 4.24. The highest BCUT2D eigenvalue weighted by molar-refractivity contribution is 5.99. The van der Waals surface area contributed by atoms with Gasteiger partial charge in [0.2, 0.25) is 0 Å². The van der Waals surface area contributed by atoms with Gasteiger partial charge < -0.3 is 5.32 Å². The molecule has 132 valence electrons. The van der Waals surface area contributed by atoms with Gasteiger partial charge in [-0.2, -0.15) is 5.10 Å². The van der Waals surface area contributed by atoms with E-state index in [4.69, 9.17) is 0 Å². The van der Waals surface area contributed by atoms with E-state index in [9.17, 15) is 4.79 Å². The van der Waals surface area contributed by atoms with Gasteiger partial charge >= 0.3 is 0 Å². The molecule has 0 aliphatic heterocycles. The molecular formula is C21H27N3O. The van der Waals surface area contributed by atoms with Crippen LogP contribution in [0.2, 0.25) is 0 Å². The van der Waals surface area contributed by atoms with E-state index in [1.54, 1.807) is 0 Å². The number of carbonyl (C=O) groups excluding carboxylic acids is 1. The van der Waals surface area contributed by atoms with E-state index in [0.717, 1.165) is 22.5 Å². The molecule has 0 heterocycles. The van der Waals surface area contributed by atoms with Crippen molar-refractivity contribution in [1.29, 1.82) is 0 Å². The molecule has 4 heteroatoms. The van der Waals surface area contributed by atoms with Gasteiger partial charge in [-0.3, -0.25) is 4.79 Å². The summed E-state index contributed by atoms with van der Waals surface area (Å²) in [5, 5.41) is 7.32. The number of rotatable bonds is 5. The third-order valence-corrected chi connectivity index (χ3v) is 4.10. The molecule has 2 aromatic rings. The molecular weight excluding hydrogens is 310 g/mol. The Morgan fingerprint density at radius 2 is 1.68 bits per heavy atom. The van der Waals surface area contributed by atoms with E-state index in [2.05, 4.69) is 48.7 Å². The first-order chi connectivity index (χ1) is 11.8. The van der Waals surface area contributed by atoms with Gasteiger partial charge in [0.15, 0.2) is 0 Å². The number of benzene rings is 2. The quantitative estimate of drug-likeness (QED) is 0.633. The van der Waals surface area contributed by atoms with E-state index in [1.165, 1.54) is 5.56 Å². The van der Waals surface area contributed by atoms with Crippen LogP contribution in [0.15, 0.2) is 53.6 Å². The van der Waals surface area contributed by atoms with Crippen LogP contribution in [0.1, 0.15) is 44.4 Å². The van der Waals surface area contributed by atoms with E-state index in [1.807, 2.05) is 50.2 Å². The zero-order valence-corrected chi connectivity index (χ0v) is 15.7. The summed E-state index contributed by atoms with van der Waals surface area (Å²) in [6.07, 6.45) is 0. The molecule has 0 aliphatic rings. The second-order valence-corrected chi connectivity index (χ2v) is 7.23. The van der Waals surface area contributed by atoms with Crippen LogP contribution in [0.3, 0.4) is 0 Å². The maximum absolute atomic E-state index is 12.0. The number of hydrazone groups is 1. The Morgan fingerprint density at radius 3 is 2.28 bits per heavy atom. The molecule has 0 spiro atoms. The maximum atomic E-state index is 12.0. The van der Waals surface area contributed by atoms with Crippen molar-refractivity contribution < 1.29 is 4.79 Å². The number of anilines is 1. The van der Waals surface area contributed by atoms with Gasteiger partial charge in [0.1, 0.15) is 0 Å². The van der Waals surface area contributed by atoms with Crippen molar-refractivity contribution in [2.45, 2.75) is 40.0 Å². The fourth-order valence-electron chi connectivity index (χ4n) is 2.41. The first-order valence-corrected chi connectivity index (χ1v) is 8.51. The number of nitrogens with zero attached hydrogens (tertiary/aromatic N) is 1. The first-order valence-electron chi connectivity index (χ1n) is 8.51. The van der Waals surface area contributed by atoms with Crippen LogP contribution >= 0.6 is 0 Å². The third-order valence-electron chi connectivity index (χ3n) is 4.10. The highest BCUT2D eigenvalue weighted by Crippen LogP contribution is 2.22. The topological polar surface area (TPSA) is 53.5 Å². The van der Waals surface area contributed by atoms with Gasteiger partial charge in [-0.25, -0.2) is 5.43 Å². The van der Waals surface area contributed by atoms with Crippen molar-refractivity contribution >= 4 is 17.3 Å². The average Bonchev–Trinajstić information content (AvgIpc) is 2.58. The Labute approximate surface area is 150 Å². The summed E-state index contributed by atoms with van der Waals surface area (Å²) in [4.78, 5) is 12.0. The summed E-state index contributed by atoms with van der Waals surface area (Å²) in [6.45, 7) is 10.6. The standard InChI is InChI=1S/C21H27N3O/c1-15-8-6-7-9-19(15)22-14-20(25)24-23-16(2)17-10-12-18(13-11-17)21(3,4)5/h6-13,22H,14H2,1-5H3,(H,24,25). The minimum Gasteiger partial charge on any atom is -0.376 e. The zero-order valence-electron chi connectivity index (χ0n) is 15.7. The van der Waals surface area contributed by atoms with Gasteiger partial charge in [-0.15, -0.1) is 0 Å². The largest absolute Gasteiger partial charge is 0.376 e. The van der Waals surface area contributed by atoms with Crippen LogP contribution in [-0.2, 0) is 10.2 Å². The summed E-state index contributed by atoms with van der Waals surface area (Å²) < 4.78 is 0. The van der Waals surface area contributed by atoms with Gasteiger partial charge in [-0.1, -0.05) is 63.2 Å². The average molecular weight is 337 g/mol. The molecule has 25 heavy (non-hydrogen) atoms. The molecule has 0 saturated heterocycles. The Hall–Kier alpha value is -2.62. The smallest absolute Gasteiger partial charge is 0.259 e. The third kappa shape index (κ3) is 5.45.